The average molecular weight is 304 g/mol. The Kier molecular flexibility index (Phi) is 5.81. The van der Waals surface area contributed by atoms with Gasteiger partial charge in [-0.05, 0) is 37.0 Å². The smallest absolute Gasteiger partial charge is 0.251 e. The second-order valence-electron chi connectivity index (χ2n) is 5.75. The molecule has 5 nitrogen and oxygen atoms in total. The van der Waals surface area contributed by atoms with Crippen molar-refractivity contribution in [3.63, 3.8) is 0 Å². The van der Waals surface area contributed by atoms with Gasteiger partial charge in [-0.1, -0.05) is 19.3 Å². The number of carbonyl (C=O) groups is 2. The summed E-state index contributed by atoms with van der Waals surface area (Å²) in [5, 5.41) is 5.46. The van der Waals surface area contributed by atoms with E-state index in [0.717, 1.165) is 12.8 Å². The van der Waals surface area contributed by atoms with Gasteiger partial charge in [-0.3, -0.25) is 9.59 Å². The van der Waals surface area contributed by atoms with Crippen molar-refractivity contribution in [1.29, 1.82) is 0 Å². The van der Waals surface area contributed by atoms with Gasteiger partial charge in [0.25, 0.3) is 5.91 Å². The first-order valence-corrected chi connectivity index (χ1v) is 7.84. The van der Waals surface area contributed by atoms with Gasteiger partial charge < -0.3 is 15.4 Å². The van der Waals surface area contributed by atoms with Gasteiger partial charge in [-0.25, -0.2) is 0 Å². The summed E-state index contributed by atoms with van der Waals surface area (Å²) in [4.78, 5) is 23.8. The highest BCUT2D eigenvalue weighted by Crippen LogP contribution is 2.29. The summed E-state index contributed by atoms with van der Waals surface area (Å²) < 4.78 is 5.28. The van der Waals surface area contributed by atoms with Crippen LogP contribution in [0.15, 0.2) is 18.2 Å². The van der Waals surface area contributed by atoms with Crippen molar-refractivity contribution in [3.8, 4) is 5.75 Å². The Labute approximate surface area is 131 Å². The molecule has 2 amide bonds. The van der Waals surface area contributed by atoms with Gasteiger partial charge in [0.1, 0.15) is 5.75 Å². The zero-order valence-corrected chi connectivity index (χ0v) is 13.3. The molecule has 120 valence electrons. The molecule has 0 aromatic heterocycles. The zero-order chi connectivity index (χ0) is 15.9. The number of methoxy groups -OCH3 is 1. The van der Waals surface area contributed by atoms with Crippen molar-refractivity contribution >= 4 is 17.5 Å². The minimum absolute atomic E-state index is 0.0119. The Hall–Kier alpha value is -2.04. The maximum Gasteiger partial charge on any atom is 0.251 e. The molecule has 0 unspecified atom stereocenters. The van der Waals surface area contributed by atoms with E-state index in [1.165, 1.54) is 26.4 Å². The van der Waals surface area contributed by atoms with Crippen LogP contribution in [0.5, 0.6) is 5.75 Å². The maximum atomic E-state index is 12.2. The van der Waals surface area contributed by atoms with Crippen LogP contribution in [0.25, 0.3) is 0 Å². The van der Waals surface area contributed by atoms with Crippen LogP contribution in [-0.2, 0) is 4.79 Å². The van der Waals surface area contributed by atoms with Crippen LogP contribution < -0.4 is 15.4 Å². The Morgan fingerprint density at radius 3 is 2.59 bits per heavy atom. The van der Waals surface area contributed by atoms with E-state index in [1.807, 2.05) is 0 Å². The molecule has 1 fully saturated rings. The van der Waals surface area contributed by atoms with Crippen molar-refractivity contribution < 1.29 is 14.3 Å². The third-order valence-corrected chi connectivity index (χ3v) is 4.16. The Balaban J connectivity index is 2.01. The molecule has 0 bridgehead atoms. The molecule has 1 aliphatic carbocycles. The minimum atomic E-state index is -0.182. The normalized spacial score (nSPS) is 15.2. The fourth-order valence-corrected chi connectivity index (χ4v) is 2.93. The van der Waals surface area contributed by atoms with Crippen molar-refractivity contribution in [2.75, 3.05) is 19.5 Å². The lowest BCUT2D eigenvalue weighted by Gasteiger charge is -2.21. The summed E-state index contributed by atoms with van der Waals surface area (Å²) in [7, 11) is 3.11. The summed E-state index contributed by atoms with van der Waals surface area (Å²) in [6.07, 6.45) is 6.57. The van der Waals surface area contributed by atoms with E-state index in [0.29, 0.717) is 29.3 Å². The standard InChI is InChI=1S/C17H24N2O3/c1-18-17(21)13-8-9-14(15(11-13)22-2)19-16(20)10-12-6-4-3-5-7-12/h8-9,11-12H,3-7,10H2,1-2H3,(H,18,21)(H,19,20). The molecule has 1 saturated carbocycles. The second-order valence-corrected chi connectivity index (χ2v) is 5.75. The SMILES string of the molecule is CNC(=O)c1ccc(NC(=O)CC2CCCCC2)c(OC)c1. The number of hydrogen-bond acceptors (Lipinski definition) is 3. The van der Waals surface area contributed by atoms with Gasteiger partial charge in [0.2, 0.25) is 5.91 Å². The van der Waals surface area contributed by atoms with E-state index in [1.54, 1.807) is 25.2 Å². The Bertz CT molecular complexity index is 537. The molecule has 0 saturated heterocycles. The number of benzene rings is 1. The molecule has 0 radical (unpaired) electrons. The molecule has 22 heavy (non-hydrogen) atoms. The van der Waals surface area contributed by atoms with Gasteiger partial charge in [0.05, 0.1) is 12.8 Å². The number of ether oxygens (including phenoxy) is 1. The molecule has 0 heterocycles. The number of nitrogens with one attached hydrogen (secondary N) is 2. The van der Waals surface area contributed by atoms with Crippen molar-refractivity contribution in [2.45, 2.75) is 38.5 Å². The Morgan fingerprint density at radius 1 is 1.23 bits per heavy atom. The minimum Gasteiger partial charge on any atom is -0.495 e. The quantitative estimate of drug-likeness (QED) is 0.879. The first-order chi connectivity index (χ1) is 10.6. The van der Waals surface area contributed by atoms with Crippen molar-refractivity contribution in [2.24, 2.45) is 5.92 Å². The fourth-order valence-electron chi connectivity index (χ4n) is 2.93. The third kappa shape index (κ3) is 4.23. The summed E-state index contributed by atoms with van der Waals surface area (Å²) >= 11 is 0. The van der Waals surface area contributed by atoms with E-state index in [-0.39, 0.29) is 11.8 Å². The van der Waals surface area contributed by atoms with Crippen LogP contribution in [0.2, 0.25) is 0 Å². The number of amides is 2. The summed E-state index contributed by atoms with van der Waals surface area (Å²) in [6.45, 7) is 0. The number of carbonyl (C=O) groups excluding carboxylic acids is 2. The predicted octanol–water partition coefficient (Wildman–Crippen LogP) is 2.96. The molecular formula is C17H24N2O3. The third-order valence-electron chi connectivity index (χ3n) is 4.16. The predicted molar refractivity (Wildman–Crippen MR) is 86.2 cm³/mol. The van der Waals surface area contributed by atoms with Gasteiger partial charge in [0.15, 0.2) is 0 Å². The first-order valence-electron chi connectivity index (χ1n) is 7.84. The zero-order valence-electron chi connectivity index (χ0n) is 13.3. The van der Waals surface area contributed by atoms with E-state index in [4.69, 9.17) is 4.74 Å². The lowest BCUT2D eigenvalue weighted by Crippen LogP contribution is -2.20. The van der Waals surface area contributed by atoms with Crippen LogP contribution >= 0.6 is 0 Å². The van der Waals surface area contributed by atoms with Crippen LogP contribution in [0.3, 0.4) is 0 Å². The molecule has 0 atom stereocenters. The Morgan fingerprint density at radius 2 is 1.95 bits per heavy atom. The molecule has 2 rings (SSSR count). The maximum absolute atomic E-state index is 12.2. The van der Waals surface area contributed by atoms with Gasteiger partial charge in [0, 0.05) is 19.0 Å². The van der Waals surface area contributed by atoms with Crippen LogP contribution in [-0.4, -0.2) is 26.0 Å². The molecule has 2 N–H and O–H groups in total. The summed E-state index contributed by atoms with van der Waals surface area (Å²) in [5.41, 5.74) is 1.11. The molecule has 1 aromatic rings. The number of anilines is 1. The highest BCUT2D eigenvalue weighted by Gasteiger charge is 2.18. The molecule has 5 heteroatoms. The summed E-state index contributed by atoms with van der Waals surface area (Å²) in [6, 6.07) is 5.02. The number of rotatable bonds is 5. The fraction of sp³-hybridized carbons (Fsp3) is 0.529. The van der Waals surface area contributed by atoms with Gasteiger partial charge in [-0.2, -0.15) is 0 Å². The summed E-state index contributed by atoms with van der Waals surface area (Å²) in [5.74, 6) is 0.819. The molecule has 1 aliphatic rings. The van der Waals surface area contributed by atoms with E-state index in [2.05, 4.69) is 10.6 Å². The first kappa shape index (κ1) is 16.3. The number of hydrogen-bond donors (Lipinski definition) is 2. The highest BCUT2D eigenvalue weighted by molar-refractivity contribution is 5.97. The van der Waals surface area contributed by atoms with Crippen molar-refractivity contribution in [3.05, 3.63) is 23.8 Å². The average Bonchev–Trinajstić information content (AvgIpc) is 2.55. The van der Waals surface area contributed by atoms with E-state index in [9.17, 15) is 9.59 Å². The molecular weight excluding hydrogens is 280 g/mol. The lowest BCUT2D eigenvalue weighted by molar-refractivity contribution is -0.117. The van der Waals surface area contributed by atoms with Crippen LogP contribution in [0, 0.1) is 5.92 Å². The van der Waals surface area contributed by atoms with Crippen LogP contribution in [0.4, 0.5) is 5.69 Å². The topological polar surface area (TPSA) is 67.4 Å². The van der Waals surface area contributed by atoms with E-state index < -0.39 is 0 Å². The molecule has 0 spiro atoms. The second kappa shape index (κ2) is 7.82. The lowest BCUT2D eigenvalue weighted by atomic mass is 9.87. The van der Waals surface area contributed by atoms with Crippen molar-refractivity contribution in [1.82, 2.24) is 5.32 Å². The monoisotopic (exact) mass is 304 g/mol. The van der Waals surface area contributed by atoms with Gasteiger partial charge in [-0.15, -0.1) is 0 Å². The van der Waals surface area contributed by atoms with E-state index >= 15 is 0 Å². The highest BCUT2D eigenvalue weighted by atomic mass is 16.5. The molecule has 0 aliphatic heterocycles. The van der Waals surface area contributed by atoms with Crippen LogP contribution in [0.1, 0.15) is 48.9 Å². The molecule has 1 aromatic carbocycles. The van der Waals surface area contributed by atoms with Gasteiger partial charge >= 0.3 is 0 Å². The largest absolute Gasteiger partial charge is 0.495 e.